The summed E-state index contributed by atoms with van der Waals surface area (Å²) in [7, 11) is -1.99. The maximum absolute atomic E-state index is 13.2. The molecule has 1 atom stereocenters. The number of hydrogen-bond acceptors (Lipinski definition) is 5. The maximum atomic E-state index is 13.2. The van der Waals surface area contributed by atoms with E-state index in [-0.39, 0.29) is 27.9 Å². The van der Waals surface area contributed by atoms with Crippen LogP contribution in [0.3, 0.4) is 0 Å². The Kier molecular flexibility index (Phi) is 5.71. The van der Waals surface area contributed by atoms with Crippen LogP contribution in [-0.2, 0) is 21.9 Å². The number of nitrogens with one attached hydrogen (secondary N) is 2. The molecule has 9 nitrogen and oxygen atoms in total. The van der Waals surface area contributed by atoms with Crippen molar-refractivity contribution in [3.63, 3.8) is 0 Å². The van der Waals surface area contributed by atoms with Gasteiger partial charge in [0.25, 0.3) is 15.6 Å². The van der Waals surface area contributed by atoms with Crippen LogP contribution in [-0.4, -0.2) is 35.6 Å². The third-order valence-corrected chi connectivity index (χ3v) is 7.03. The largest absolute Gasteiger partial charge is 0.318 e. The molecule has 4 rings (SSSR count). The van der Waals surface area contributed by atoms with Crippen molar-refractivity contribution in [2.75, 3.05) is 5.32 Å². The fraction of sp³-hybridized carbons (Fsp3) is 0.261. The van der Waals surface area contributed by atoms with Crippen molar-refractivity contribution in [2.45, 2.75) is 31.7 Å². The van der Waals surface area contributed by atoms with E-state index in [0.29, 0.717) is 16.9 Å². The summed E-state index contributed by atoms with van der Waals surface area (Å²) in [5.74, 6) is -0.631. The maximum Gasteiger partial charge on any atom is 0.295 e. The minimum Gasteiger partial charge on any atom is -0.318 e. The lowest BCUT2D eigenvalue weighted by molar-refractivity contribution is -0.118. The second-order valence-electron chi connectivity index (χ2n) is 8.19. The molecule has 0 unspecified atom stereocenters. The number of hydrogen-bond donors (Lipinski definition) is 2. The van der Waals surface area contributed by atoms with Crippen LogP contribution in [0.15, 0.2) is 69.3 Å². The number of amides is 1. The van der Waals surface area contributed by atoms with Crippen LogP contribution in [0.25, 0.3) is 5.69 Å². The third-order valence-electron chi connectivity index (χ3n) is 5.63. The molecule has 0 saturated carbocycles. The molecule has 0 aliphatic carbocycles. The van der Waals surface area contributed by atoms with Crippen LogP contribution in [0.2, 0.25) is 0 Å². The van der Waals surface area contributed by atoms with Crippen molar-refractivity contribution in [1.82, 2.24) is 14.1 Å². The molecule has 2 N–H and O–H groups in total. The fourth-order valence-corrected chi connectivity index (χ4v) is 5.03. The first kappa shape index (κ1) is 22.5. The molecular weight excluding hydrogens is 442 g/mol. The van der Waals surface area contributed by atoms with Crippen molar-refractivity contribution in [1.29, 1.82) is 0 Å². The first-order valence-electron chi connectivity index (χ1n) is 10.5. The molecule has 1 aliphatic heterocycles. The number of sulfonamides is 1. The zero-order chi connectivity index (χ0) is 23.9. The number of nitrogens with zero attached hydrogens (tertiary/aromatic N) is 3. The molecule has 172 valence electrons. The Balaban J connectivity index is 1.70. The van der Waals surface area contributed by atoms with Crippen molar-refractivity contribution < 1.29 is 13.2 Å². The average Bonchev–Trinajstić information content (AvgIpc) is 3.16. The van der Waals surface area contributed by atoms with E-state index in [1.165, 1.54) is 10.7 Å². The zero-order valence-corrected chi connectivity index (χ0v) is 19.6. The summed E-state index contributed by atoms with van der Waals surface area (Å²) >= 11 is 0. The van der Waals surface area contributed by atoms with Crippen molar-refractivity contribution in [3.05, 3.63) is 76.2 Å². The molecule has 0 spiro atoms. The van der Waals surface area contributed by atoms with Crippen LogP contribution in [0.4, 0.5) is 5.69 Å². The number of carbonyl (C=O) groups excluding carboxylic acids is 1. The van der Waals surface area contributed by atoms with E-state index in [1.54, 1.807) is 49.0 Å². The smallest absolute Gasteiger partial charge is 0.295 e. The fourth-order valence-electron chi connectivity index (χ4n) is 3.79. The van der Waals surface area contributed by atoms with Gasteiger partial charge in [0.1, 0.15) is 17.6 Å². The molecular formula is C23H25N5O4S. The van der Waals surface area contributed by atoms with Gasteiger partial charge in [-0.3, -0.25) is 24.0 Å². The molecule has 2 aromatic carbocycles. The van der Waals surface area contributed by atoms with Gasteiger partial charge in [0.15, 0.2) is 0 Å². The quantitative estimate of drug-likeness (QED) is 0.599. The van der Waals surface area contributed by atoms with Gasteiger partial charge in [-0.2, -0.15) is 0 Å². The topological polar surface area (TPSA) is 115 Å². The summed E-state index contributed by atoms with van der Waals surface area (Å²) in [5.41, 5.74) is 1.46. The number of amidine groups is 1. The van der Waals surface area contributed by atoms with E-state index in [1.807, 2.05) is 32.0 Å². The Labute approximate surface area is 191 Å². The van der Waals surface area contributed by atoms with Crippen molar-refractivity contribution in [3.8, 4) is 5.69 Å². The van der Waals surface area contributed by atoms with Crippen LogP contribution < -0.4 is 15.6 Å². The van der Waals surface area contributed by atoms with Crippen LogP contribution in [0.1, 0.15) is 25.1 Å². The minimum absolute atomic E-state index is 0.117. The number of aromatic nitrogens is 2. The molecule has 10 heteroatoms. The SMILES string of the molecule is Cc1c(NC(=O)[C@@H](N=C2NS(=O)(=O)c3ccccc32)C(C)C)c(=O)n(-c2ccccc2)n1C. The molecule has 1 aromatic heterocycles. The van der Waals surface area contributed by atoms with Gasteiger partial charge < -0.3 is 5.32 Å². The normalized spacial score (nSPS) is 16.5. The van der Waals surface area contributed by atoms with Gasteiger partial charge in [-0.05, 0) is 37.1 Å². The van der Waals surface area contributed by atoms with Crippen molar-refractivity contribution in [2.24, 2.45) is 18.0 Å². The highest BCUT2D eigenvalue weighted by atomic mass is 32.2. The second kappa shape index (κ2) is 8.36. The Bertz CT molecular complexity index is 1420. The van der Waals surface area contributed by atoms with E-state index in [2.05, 4.69) is 15.0 Å². The molecule has 1 aliphatic rings. The Morgan fingerprint density at radius 1 is 1.06 bits per heavy atom. The Hall–Kier alpha value is -3.66. The van der Waals surface area contributed by atoms with Gasteiger partial charge >= 0.3 is 0 Å². The third kappa shape index (κ3) is 3.97. The van der Waals surface area contributed by atoms with Crippen LogP contribution in [0, 0.1) is 12.8 Å². The summed E-state index contributed by atoms with van der Waals surface area (Å²) < 4.78 is 30.4. The van der Waals surface area contributed by atoms with E-state index in [0.717, 1.165) is 0 Å². The number of benzene rings is 2. The molecule has 0 bridgehead atoms. The van der Waals surface area contributed by atoms with Gasteiger partial charge in [-0.1, -0.05) is 44.2 Å². The number of rotatable bonds is 5. The molecule has 0 saturated heterocycles. The number of aliphatic imine (C=N–C) groups is 1. The van der Waals surface area contributed by atoms with Gasteiger partial charge in [0, 0.05) is 12.6 Å². The predicted octanol–water partition coefficient (Wildman–Crippen LogP) is 2.19. The van der Waals surface area contributed by atoms with Crippen LogP contribution in [0.5, 0.6) is 0 Å². The zero-order valence-electron chi connectivity index (χ0n) is 18.7. The highest BCUT2D eigenvalue weighted by molar-refractivity contribution is 7.90. The highest BCUT2D eigenvalue weighted by Gasteiger charge is 2.33. The summed E-state index contributed by atoms with van der Waals surface area (Å²) in [4.78, 5) is 30.9. The summed E-state index contributed by atoms with van der Waals surface area (Å²) in [6.45, 7) is 5.36. The van der Waals surface area contributed by atoms with Crippen LogP contribution >= 0.6 is 0 Å². The number of carbonyl (C=O) groups is 1. The molecule has 3 aromatic rings. The molecule has 0 radical (unpaired) electrons. The van der Waals surface area contributed by atoms with Gasteiger partial charge in [0.05, 0.1) is 16.3 Å². The lowest BCUT2D eigenvalue weighted by Crippen LogP contribution is -2.35. The Morgan fingerprint density at radius 3 is 2.36 bits per heavy atom. The summed E-state index contributed by atoms with van der Waals surface area (Å²) in [6.07, 6.45) is 0. The van der Waals surface area contributed by atoms with E-state index < -0.39 is 22.0 Å². The second-order valence-corrected chi connectivity index (χ2v) is 9.84. The lowest BCUT2D eigenvalue weighted by Gasteiger charge is -2.17. The standard InChI is InChI=1S/C23H25N5O4S/c1-14(2)19(24-21-17-12-8-9-13-18(17)33(31,32)26-21)22(29)25-20-15(3)27(4)28(23(20)30)16-10-6-5-7-11-16/h5-14,19H,1-4H3,(H,24,26)(H,25,29)/t19-/m0/s1. The molecule has 0 fully saturated rings. The summed E-state index contributed by atoms with van der Waals surface area (Å²) in [6, 6.07) is 14.7. The first-order valence-corrected chi connectivity index (χ1v) is 11.9. The van der Waals surface area contributed by atoms with Crippen molar-refractivity contribution >= 4 is 27.5 Å². The Morgan fingerprint density at radius 2 is 1.70 bits per heavy atom. The molecule has 1 amide bonds. The average molecular weight is 468 g/mol. The predicted molar refractivity (Wildman–Crippen MR) is 126 cm³/mol. The minimum atomic E-state index is -3.73. The lowest BCUT2D eigenvalue weighted by atomic mass is 10.0. The van der Waals surface area contributed by atoms with E-state index in [9.17, 15) is 18.0 Å². The number of fused-ring (bicyclic) bond motifs is 1. The molecule has 33 heavy (non-hydrogen) atoms. The summed E-state index contributed by atoms with van der Waals surface area (Å²) in [5, 5.41) is 2.73. The number of para-hydroxylation sites is 1. The highest BCUT2D eigenvalue weighted by Crippen LogP contribution is 2.24. The van der Waals surface area contributed by atoms with E-state index in [4.69, 9.17) is 0 Å². The van der Waals surface area contributed by atoms with Gasteiger partial charge in [-0.25, -0.2) is 13.1 Å². The van der Waals surface area contributed by atoms with Gasteiger partial charge in [-0.15, -0.1) is 0 Å². The number of anilines is 1. The first-order chi connectivity index (χ1) is 15.6. The van der Waals surface area contributed by atoms with E-state index >= 15 is 0 Å². The molecule has 2 heterocycles. The van der Waals surface area contributed by atoms with Gasteiger partial charge in [0.2, 0.25) is 5.91 Å². The monoisotopic (exact) mass is 467 g/mol.